The van der Waals surface area contributed by atoms with Gasteiger partial charge in [0.15, 0.2) is 5.11 Å². The fourth-order valence-corrected chi connectivity index (χ4v) is 3.91. The first kappa shape index (κ1) is 17.5. The third-order valence-electron chi connectivity index (χ3n) is 4.09. The predicted octanol–water partition coefficient (Wildman–Crippen LogP) is 2.32. The van der Waals surface area contributed by atoms with Crippen molar-refractivity contribution in [3.05, 3.63) is 29.3 Å². The maximum absolute atomic E-state index is 5.48. The number of nitrogens with zero attached hydrogens (tertiary/aromatic N) is 3. The van der Waals surface area contributed by atoms with Crippen molar-refractivity contribution in [3.63, 3.8) is 0 Å². The zero-order chi connectivity index (χ0) is 16.8. The second-order valence-corrected chi connectivity index (χ2v) is 7.47. The molecular formula is C17H24N4OS2. The van der Waals surface area contributed by atoms with Crippen LogP contribution in [0.5, 0.6) is 0 Å². The Labute approximate surface area is 152 Å². The maximum atomic E-state index is 5.48. The Morgan fingerprint density at radius 3 is 2.96 bits per heavy atom. The molecule has 1 saturated heterocycles. The number of ether oxygens (including phenoxy) is 1. The van der Waals surface area contributed by atoms with E-state index in [9.17, 15) is 0 Å². The summed E-state index contributed by atoms with van der Waals surface area (Å²) in [7, 11) is 2.02. The number of hydrogen-bond donors (Lipinski definition) is 1. The van der Waals surface area contributed by atoms with E-state index in [1.807, 2.05) is 13.1 Å². The summed E-state index contributed by atoms with van der Waals surface area (Å²) in [6.45, 7) is 6.55. The van der Waals surface area contributed by atoms with Crippen LogP contribution in [-0.2, 0) is 11.3 Å². The van der Waals surface area contributed by atoms with Crippen LogP contribution in [0, 0.1) is 0 Å². The zero-order valence-corrected chi connectivity index (χ0v) is 15.7. The van der Waals surface area contributed by atoms with Crippen LogP contribution in [0.1, 0.15) is 11.4 Å². The van der Waals surface area contributed by atoms with Gasteiger partial charge in [0, 0.05) is 26.7 Å². The number of morpholine rings is 1. The second-order valence-electron chi connectivity index (χ2n) is 5.97. The Bertz CT molecular complexity index is 636. The number of aromatic nitrogens is 1. The number of thiazole rings is 1. The summed E-state index contributed by atoms with van der Waals surface area (Å²) in [6.07, 6.45) is 1.09. The number of fused-ring (bicyclic) bond motifs is 1. The Morgan fingerprint density at radius 1 is 1.38 bits per heavy atom. The second kappa shape index (κ2) is 8.71. The Hall–Kier alpha value is -1.28. The summed E-state index contributed by atoms with van der Waals surface area (Å²) < 4.78 is 6.59. The van der Waals surface area contributed by atoms with Crippen molar-refractivity contribution < 1.29 is 4.74 Å². The van der Waals surface area contributed by atoms with E-state index in [-0.39, 0.29) is 0 Å². The molecule has 2 aromatic rings. The summed E-state index contributed by atoms with van der Waals surface area (Å²) >= 11 is 7.22. The smallest absolute Gasteiger partial charge is 0.169 e. The highest BCUT2D eigenvalue weighted by atomic mass is 32.1. The minimum atomic E-state index is 0.745. The van der Waals surface area contributed by atoms with Gasteiger partial charge >= 0.3 is 0 Å². The van der Waals surface area contributed by atoms with Crippen molar-refractivity contribution in [1.29, 1.82) is 0 Å². The maximum Gasteiger partial charge on any atom is 0.169 e. The lowest BCUT2D eigenvalue weighted by Gasteiger charge is -2.26. The van der Waals surface area contributed by atoms with E-state index in [1.165, 1.54) is 4.70 Å². The standard InChI is InChI=1S/C17H24N4OS2/c1-20(13-16-19-14-5-2-3-6-15(14)24-16)17(23)18-7-4-8-21-9-11-22-12-10-21/h2-3,5-6H,4,7-13H2,1H3,(H,18,23). The summed E-state index contributed by atoms with van der Waals surface area (Å²) in [5.41, 5.74) is 1.07. The molecule has 0 bridgehead atoms. The summed E-state index contributed by atoms with van der Waals surface area (Å²) in [5.74, 6) is 0. The molecule has 0 unspecified atom stereocenters. The lowest BCUT2D eigenvalue weighted by Crippen LogP contribution is -2.40. The molecule has 7 heteroatoms. The van der Waals surface area contributed by atoms with Crippen LogP contribution < -0.4 is 5.32 Å². The fraction of sp³-hybridized carbons (Fsp3) is 0.529. The predicted molar refractivity (Wildman–Crippen MR) is 104 cm³/mol. The molecule has 0 amide bonds. The molecule has 0 aliphatic carbocycles. The molecule has 5 nitrogen and oxygen atoms in total. The van der Waals surface area contributed by atoms with E-state index in [0.29, 0.717) is 0 Å². The van der Waals surface area contributed by atoms with Crippen LogP contribution in [-0.4, -0.2) is 66.3 Å². The van der Waals surface area contributed by atoms with Crippen LogP contribution in [0.15, 0.2) is 24.3 Å². The van der Waals surface area contributed by atoms with E-state index >= 15 is 0 Å². The Balaban J connectivity index is 1.39. The van der Waals surface area contributed by atoms with Gasteiger partial charge in [0.25, 0.3) is 0 Å². The molecular weight excluding hydrogens is 340 g/mol. The van der Waals surface area contributed by atoms with Crippen molar-refractivity contribution in [2.45, 2.75) is 13.0 Å². The van der Waals surface area contributed by atoms with Gasteiger partial charge in [-0.2, -0.15) is 0 Å². The van der Waals surface area contributed by atoms with E-state index < -0.39 is 0 Å². The highest BCUT2D eigenvalue weighted by Gasteiger charge is 2.11. The molecule has 2 heterocycles. The average molecular weight is 365 g/mol. The topological polar surface area (TPSA) is 40.6 Å². The minimum absolute atomic E-state index is 0.745. The van der Waals surface area contributed by atoms with Gasteiger partial charge in [-0.05, 0) is 37.3 Å². The van der Waals surface area contributed by atoms with Gasteiger partial charge in [0.05, 0.1) is 30.0 Å². The third kappa shape index (κ3) is 4.86. The first-order chi connectivity index (χ1) is 11.7. The molecule has 0 radical (unpaired) electrons. The van der Waals surface area contributed by atoms with Crippen LogP contribution in [0.2, 0.25) is 0 Å². The van der Waals surface area contributed by atoms with E-state index in [2.05, 4.69) is 38.3 Å². The average Bonchev–Trinajstić information content (AvgIpc) is 3.01. The molecule has 3 rings (SSSR count). The number of hydrogen-bond acceptors (Lipinski definition) is 5. The SMILES string of the molecule is CN(Cc1nc2ccccc2s1)C(=S)NCCCN1CCOCC1. The molecule has 0 spiro atoms. The molecule has 1 aromatic carbocycles. The summed E-state index contributed by atoms with van der Waals surface area (Å²) in [4.78, 5) is 9.16. The molecule has 0 saturated carbocycles. The number of nitrogens with one attached hydrogen (secondary N) is 1. The van der Waals surface area contributed by atoms with E-state index in [4.69, 9.17) is 17.0 Å². The molecule has 1 aliphatic heterocycles. The lowest BCUT2D eigenvalue weighted by molar-refractivity contribution is 0.0376. The molecule has 1 aliphatic rings. The van der Waals surface area contributed by atoms with Crippen molar-refractivity contribution >= 4 is 38.9 Å². The van der Waals surface area contributed by atoms with Crippen molar-refractivity contribution in [1.82, 2.24) is 20.1 Å². The van der Waals surface area contributed by atoms with Crippen molar-refractivity contribution in [3.8, 4) is 0 Å². The van der Waals surface area contributed by atoms with E-state index in [0.717, 1.165) is 68.0 Å². The number of rotatable bonds is 6. The number of benzene rings is 1. The normalized spacial score (nSPS) is 15.5. The van der Waals surface area contributed by atoms with Crippen LogP contribution in [0.4, 0.5) is 0 Å². The van der Waals surface area contributed by atoms with Gasteiger partial charge in [-0.3, -0.25) is 4.90 Å². The summed E-state index contributed by atoms with van der Waals surface area (Å²) in [5, 5.41) is 5.23. The van der Waals surface area contributed by atoms with Crippen LogP contribution in [0.3, 0.4) is 0 Å². The van der Waals surface area contributed by atoms with Crippen molar-refractivity contribution in [2.75, 3.05) is 46.4 Å². The first-order valence-electron chi connectivity index (χ1n) is 8.36. The van der Waals surface area contributed by atoms with Gasteiger partial charge in [-0.25, -0.2) is 4.98 Å². The minimum Gasteiger partial charge on any atom is -0.379 e. The molecule has 130 valence electrons. The quantitative estimate of drug-likeness (QED) is 0.627. The van der Waals surface area contributed by atoms with Crippen molar-refractivity contribution in [2.24, 2.45) is 0 Å². The molecule has 1 fully saturated rings. The first-order valence-corrected chi connectivity index (χ1v) is 9.58. The lowest BCUT2D eigenvalue weighted by atomic mass is 10.3. The fourth-order valence-electron chi connectivity index (χ4n) is 2.72. The van der Waals surface area contributed by atoms with Gasteiger partial charge in [0.1, 0.15) is 5.01 Å². The van der Waals surface area contributed by atoms with Crippen LogP contribution in [0.25, 0.3) is 10.2 Å². The highest BCUT2D eigenvalue weighted by Crippen LogP contribution is 2.22. The summed E-state index contributed by atoms with van der Waals surface area (Å²) in [6, 6.07) is 8.24. The van der Waals surface area contributed by atoms with Gasteiger partial charge in [-0.1, -0.05) is 12.1 Å². The molecule has 1 N–H and O–H groups in total. The largest absolute Gasteiger partial charge is 0.379 e. The number of thiocarbonyl (C=S) groups is 1. The van der Waals surface area contributed by atoms with E-state index in [1.54, 1.807) is 11.3 Å². The van der Waals surface area contributed by atoms with Gasteiger partial charge in [0.2, 0.25) is 0 Å². The van der Waals surface area contributed by atoms with Gasteiger partial charge in [-0.15, -0.1) is 11.3 Å². The Morgan fingerprint density at radius 2 is 2.17 bits per heavy atom. The van der Waals surface area contributed by atoms with Gasteiger partial charge < -0.3 is 15.0 Å². The molecule has 0 atom stereocenters. The van der Waals surface area contributed by atoms with Crippen LogP contribution >= 0.6 is 23.6 Å². The molecule has 24 heavy (non-hydrogen) atoms. The monoisotopic (exact) mass is 364 g/mol. The Kier molecular flexibility index (Phi) is 6.37. The zero-order valence-electron chi connectivity index (χ0n) is 14.0. The molecule has 1 aromatic heterocycles. The highest BCUT2D eigenvalue weighted by molar-refractivity contribution is 7.80. The number of para-hydroxylation sites is 1. The third-order valence-corrected chi connectivity index (χ3v) is 5.57.